The number of nitro groups is 1. The highest BCUT2D eigenvalue weighted by Gasteiger charge is 2.08. The van der Waals surface area contributed by atoms with Crippen LogP contribution in [0.15, 0.2) is 47.5 Å². The summed E-state index contributed by atoms with van der Waals surface area (Å²) < 4.78 is 10.3. The van der Waals surface area contributed by atoms with Gasteiger partial charge in [0, 0.05) is 18.3 Å². The molecule has 0 aliphatic carbocycles. The highest BCUT2D eigenvalue weighted by Crippen LogP contribution is 2.23. The van der Waals surface area contributed by atoms with Crippen LogP contribution in [0.3, 0.4) is 0 Å². The van der Waals surface area contributed by atoms with Crippen molar-refractivity contribution in [2.45, 2.75) is 26.9 Å². The number of carbonyl (C=O) groups excluding carboxylic acids is 1. The van der Waals surface area contributed by atoms with Crippen LogP contribution in [0.5, 0.6) is 5.75 Å². The van der Waals surface area contributed by atoms with E-state index in [1.807, 2.05) is 0 Å². The maximum Gasteiger partial charge on any atom is 0.344 e. The Kier molecular flexibility index (Phi) is 6.43. The molecule has 2 aromatic rings. The molecule has 0 N–H and O–H groups in total. The average molecular weight is 356 g/mol. The number of rotatable bonds is 7. The van der Waals surface area contributed by atoms with Gasteiger partial charge in [0.2, 0.25) is 0 Å². The van der Waals surface area contributed by atoms with Gasteiger partial charge >= 0.3 is 5.97 Å². The Morgan fingerprint density at radius 3 is 2.50 bits per heavy atom. The predicted molar refractivity (Wildman–Crippen MR) is 98.3 cm³/mol. The number of non-ortho nitro benzene ring substituents is 1. The van der Waals surface area contributed by atoms with Crippen molar-refractivity contribution < 1.29 is 19.2 Å². The Bertz CT molecular complexity index is 813. The molecule has 0 unspecified atom stereocenters. The number of hydrogen-bond donors (Lipinski definition) is 0. The molecule has 0 fully saturated rings. The van der Waals surface area contributed by atoms with Crippen LogP contribution in [0.25, 0.3) is 0 Å². The summed E-state index contributed by atoms with van der Waals surface area (Å²) in [6, 6.07) is 11.6. The predicted octanol–water partition coefficient (Wildman–Crippen LogP) is 3.98. The van der Waals surface area contributed by atoms with E-state index < -0.39 is 10.9 Å². The van der Waals surface area contributed by atoms with Gasteiger partial charge in [-0.05, 0) is 62.2 Å². The van der Waals surface area contributed by atoms with Gasteiger partial charge in [0.15, 0.2) is 6.61 Å². The molecule has 0 heterocycles. The standard InChI is InChI=1S/C19H20N2O5/c1-13(2)26-19(22)12-25-17-7-4-15(5-8-17)11-20-18-9-6-16(21(23)24)10-14(18)3/h4-11,13H,12H2,1-3H3. The summed E-state index contributed by atoms with van der Waals surface area (Å²) >= 11 is 0. The summed E-state index contributed by atoms with van der Waals surface area (Å²) in [6.07, 6.45) is 1.48. The number of carbonyl (C=O) groups is 1. The van der Waals surface area contributed by atoms with Crippen LogP contribution in [0, 0.1) is 17.0 Å². The zero-order valence-electron chi connectivity index (χ0n) is 14.8. The summed E-state index contributed by atoms with van der Waals surface area (Å²) in [7, 11) is 0. The zero-order valence-corrected chi connectivity index (χ0v) is 14.8. The largest absolute Gasteiger partial charge is 0.482 e. The number of aryl methyl sites for hydroxylation is 1. The SMILES string of the molecule is Cc1cc([N+](=O)[O-])ccc1N=Cc1ccc(OCC(=O)OC(C)C)cc1. The third kappa shape index (κ3) is 5.70. The number of nitrogens with zero attached hydrogens (tertiary/aromatic N) is 2. The van der Waals surface area contributed by atoms with Crippen LogP contribution in [0.1, 0.15) is 25.0 Å². The van der Waals surface area contributed by atoms with Crippen LogP contribution in [-0.4, -0.2) is 29.8 Å². The van der Waals surface area contributed by atoms with Gasteiger partial charge in [0.05, 0.1) is 16.7 Å². The van der Waals surface area contributed by atoms with E-state index in [2.05, 4.69) is 4.99 Å². The van der Waals surface area contributed by atoms with E-state index >= 15 is 0 Å². The van der Waals surface area contributed by atoms with E-state index in [1.54, 1.807) is 57.3 Å². The maximum absolute atomic E-state index is 11.4. The number of ether oxygens (including phenoxy) is 2. The number of nitro benzene ring substituents is 1. The topological polar surface area (TPSA) is 91.0 Å². The lowest BCUT2D eigenvalue weighted by atomic mass is 10.2. The van der Waals surface area contributed by atoms with Crippen molar-refractivity contribution >= 4 is 23.6 Å². The molecule has 0 saturated carbocycles. The van der Waals surface area contributed by atoms with Crippen LogP contribution < -0.4 is 4.74 Å². The number of benzene rings is 2. The molecule has 2 aromatic carbocycles. The van der Waals surface area contributed by atoms with Crippen molar-refractivity contribution in [1.82, 2.24) is 0 Å². The Morgan fingerprint density at radius 1 is 1.23 bits per heavy atom. The Morgan fingerprint density at radius 2 is 1.92 bits per heavy atom. The highest BCUT2D eigenvalue weighted by atomic mass is 16.6. The van der Waals surface area contributed by atoms with E-state index in [0.717, 1.165) is 11.1 Å². The van der Waals surface area contributed by atoms with E-state index in [0.29, 0.717) is 11.4 Å². The summed E-state index contributed by atoms with van der Waals surface area (Å²) in [5, 5.41) is 10.7. The molecular formula is C19H20N2O5. The van der Waals surface area contributed by atoms with Gasteiger partial charge in [-0.15, -0.1) is 0 Å². The van der Waals surface area contributed by atoms with Crippen LogP contribution in [0.2, 0.25) is 0 Å². The molecule has 0 aliphatic heterocycles. The first-order chi connectivity index (χ1) is 12.3. The minimum Gasteiger partial charge on any atom is -0.482 e. The van der Waals surface area contributed by atoms with E-state index in [1.165, 1.54) is 12.1 Å². The van der Waals surface area contributed by atoms with Crippen molar-refractivity contribution in [3.63, 3.8) is 0 Å². The number of esters is 1. The van der Waals surface area contributed by atoms with Gasteiger partial charge in [0.25, 0.3) is 5.69 Å². The molecule has 7 nitrogen and oxygen atoms in total. The molecule has 0 saturated heterocycles. The minimum absolute atomic E-state index is 0.0407. The lowest BCUT2D eigenvalue weighted by Crippen LogP contribution is -2.18. The highest BCUT2D eigenvalue weighted by molar-refractivity contribution is 5.82. The maximum atomic E-state index is 11.4. The van der Waals surface area contributed by atoms with E-state index in [-0.39, 0.29) is 18.4 Å². The second-order valence-corrected chi connectivity index (χ2v) is 5.88. The van der Waals surface area contributed by atoms with Crippen LogP contribution in [0.4, 0.5) is 11.4 Å². The monoisotopic (exact) mass is 356 g/mol. The summed E-state index contributed by atoms with van der Waals surface area (Å²) in [5.74, 6) is 0.133. The molecule has 0 spiro atoms. The first kappa shape index (κ1) is 19.1. The zero-order chi connectivity index (χ0) is 19.1. The fourth-order valence-electron chi connectivity index (χ4n) is 2.13. The fraction of sp³-hybridized carbons (Fsp3) is 0.263. The third-order valence-corrected chi connectivity index (χ3v) is 3.35. The smallest absolute Gasteiger partial charge is 0.344 e. The van der Waals surface area contributed by atoms with Crippen molar-refractivity contribution in [1.29, 1.82) is 0 Å². The van der Waals surface area contributed by atoms with E-state index in [9.17, 15) is 14.9 Å². The molecule has 0 radical (unpaired) electrons. The molecule has 0 amide bonds. The van der Waals surface area contributed by atoms with Gasteiger partial charge in [0.1, 0.15) is 5.75 Å². The van der Waals surface area contributed by atoms with Crippen molar-refractivity contribution in [3.05, 3.63) is 63.7 Å². The lowest BCUT2D eigenvalue weighted by molar-refractivity contribution is -0.384. The van der Waals surface area contributed by atoms with Crippen molar-refractivity contribution in [2.24, 2.45) is 4.99 Å². The molecule has 7 heteroatoms. The van der Waals surface area contributed by atoms with Crippen molar-refractivity contribution in [3.8, 4) is 5.75 Å². The number of aliphatic imine (C=N–C) groups is 1. The van der Waals surface area contributed by atoms with Gasteiger partial charge in [-0.2, -0.15) is 0 Å². The van der Waals surface area contributed by atoms with Gasteiger partial charge < -0.3 is 9.47 Å². The van der Waals surface area contributed by atoms with Crippen LogP contribution >= 0.6 is 0 Å². The molecule has 0 bridgehead atoms. The van der Waals surface area contributed by atoms with Gasteiger partial charge in [-0.25, -0.2) is 4.79 Å². The van der Waals surface area contributed by atoms with Gasteiger partial charge in [-0.1, -0.05) is 0 Å². The summed E-state index contributed by atoms with van der Waals surface area (Å²) in [4.78, 5) is 26.1. The molecule has 2 rings (SSSR count). The molecule has 136 valence electrons. The fourth-order valence-corrected chi connectivity index (χ4v) is 2.13. The average Bonchev–Trinajstić information content (AvgIpc) is 2.59. The molecular weight excluding hydrogens is 336 g/mol. The molecule has 26 heavy (non-hydrogen) atoms. The molecule has 0 atom stereocenters. The molecule has 0 aliphatic rings. The second kappa shape index (κ2) is 8.75. The van der Waals surface area contributed by atoms with Crippen LogP contribution in [-0.2, 0) is 9.53 Å². The normalized spacial score (nSPS) is 10.9. The quantitative estimate of drug-likeness (QED) is 0.324. The minimum atomic E-state index is -0.434. The van der Waals surface area contributed by atoms with E-state index in [4.69, 9.17) is 9.47 Å². The first-order valence-electron chi connectivity index (χ1n) is 8.06. The van der Waals surface area contributed by atoms with Gasteiger partial charge in [-0.3, -0.25) is 15.1 Å². The Labute approximate surface area is 151 Å². The third-order valence-electron chi connectivity index (χ3n) is 3.35. The Hall–Kier alpha value is -3.22. The second-order valence-electron chi connectivity index (χ2n) is 5.88. The first-order valence-corrected chi connectivity index (χ1v) is 8.06. The lowest BCUT2D eigenvalue weighted by Gasteiger charge is -2.09. The Balaban J connectivity index is 1.97. The summed E-state index contributed by atoms with van der Waals surface area (Å²) in [6.45, 7) is 5.18. The van der Waals surface area contributed by atoms with Crippen molar-refractivity contribution in [2.75, 3.05) is 6.61 Å². The number of hydrogen-bond acceptors (Lipinski definition) is 6. The molecule has 0 aromatic heterocycles. The summed E-state index contributed by atoms with van der Waals surface area (Å²) in [5.41, 5.74) is 2.25.